The lowest BCUT2D eigenvalue weighted by atomic mass is 10.2. The van der Waals surface area contributed by atoms with Crippen LogP contribution in [0.1, 0.15) is 32.6 Å². The van der Waals surface area contributed by atoms with Gasteiger partial charge in [-0.05, 0) is 6.42 Å². The van der Waals surface area contributed by atoms with E-state index in [2.05, 4.69) is 12.2 Å². The van der Waals surface area contributed by atoms with E-state index in [0.717, 1.165) is 30.6 Å². The average molecular weight is 296 g/mol. The smallest absolute Gasteiger partial charge is 0.378 e. The number of unbranched alkanes of at least 4 members (excludes halogenated alkanes) is 3. The van der Waals surface area contributed by atoms with Crippen LogP contribution in [-0.4, -0.2) is 55.9 Å². The second kappa shape index (κ2) is 8.46. The molecule has 0 aromatic carbocycles. The van der Waals surface area contributed by atoms with E-state index in [1.807, 2.05) is 0 Å². The Bertz CT molecular complexity index is 298. The number of carbonyl (C=O) groups is 1. The lowest BCUT2D eigenvalue weighted by Gasteiger charge is -2.34. The molecule has 1 heterocycles. The van der Waals surface area contributed by atoms with E-state index < -0.39 is 18.8 Å². The fourth-order valence-corrected chi connectivity index (χ4v) is 2.18. The van der Waals surface area contributed by atoms with Crippen molar-refractivity contribution in [3.8, 4) is 0 Å². The third-order valence-corrected chi connectivity index (χ3v) is 3.25. The van der Waals surface area contributed by atoms with E-state index >= 15 is 0 Å². The van der Waals surface area contributed by atoms with Gasteiger partial charge in [0.1, 0.15) is 6.04 Å². The maximum atomic E-state index is 12.5. The second-order valence-corrected chi connectivity index (χ2v) is 5.03. The van der Waals surface area contributed by atoms with Crippen LogP contribution < -0.4 is 5.32 Å². The first kappa shape index (κ1) is 17.2. The molecule has 0 aromatic rings. The maximum absolute atomic E-state index is 12.5. The molecule has 0 saturated carbocycles. The summed E-state index contributed by atoms with van der Waals surface area (Å²) in [6.45, 7) is 1.92. The molecule has 0 bridgehead atoms. The molecule has 1 fully saturated rings. The van der Waals surface area contributed by atoms with Crippen LogP contribution in [0.15, 0.2) is 0 Å². The van der Waals surface area contributed by atoms with E-state index in [1.54, 1.807) is 0 Å². The fraction of sp³-hybridized carbons (Fsp3) is 0.923. The summed E-state index contributed by atoms with van der Waals surface area (Å²) < 4.78 is 42.5. The van der Waals surface area contributed by atoms with E-state index in [-0.39, 0.29) is 25.7 Å². The third kappa shape index (κ3) is 6.56. The maximum Gasteiger partial charge on any atom is 0.401 e. The largest absolute Gasteiger partial charge is 0.401 e. The number of nitrogens with zero attached hydrogens (tertiary/aromatic N) is 1. The highest BCUT2D eigenvalue weighted by Crippen LogP contribution is 2.19. The highest BCUT2D eigenvalue weighted by atomic mass is 19.4. The van der Waals surface area contributed by atoms with Gasteiger partial charge < -0.3 is 10.1 Å². The average Bonchev–Trinajstić information content (AvgIpc) is 2.37. The highest BCUT2D eigenvalue weighted by Gasteiger charge is 2.37. The highest BCUT2D eigenvalue weighted by molar-refractivity contribution is 5.82. The van der Waals surface area contributed by atoms with Gasteiger partial charge in [-0.2, -0.15) is 13.2 Å². The Labute approximate surface area is 117 Å². The van der Waals surface area contributed by atoms with Crippen molar-refractivity contribution in [3.05, 3.63) is 0 Å². The van der Waals surface area contributed by atoms with Gasteiger partial charge in [-0.25, -0.2) is 0 Å². The molecule has 0 unspecified atom stereocenters. The Morgan fingerprint density at radius 2 is 2.10 bits per heavy atom. The minimum Gasteiger partial charge on any atom is -0.378 e. The number of carbonyl (C=O) groups excluding carboxylic acids is 1. The number of rotatable bonds is 7. The van der Waals surface area contributed by atoms with Gasteiger partial charge in [0.2, 0.25) is 5.91 Å². The number of nitrogens with one attached hydrogen (secondary N) is 1. The summed E-state index contributed by atoms with van der Waals surface area (Å²) in [5.74, 6) is -0.370. The number of amides is 1. The van der Waals surface area contributed by atoms with Crippen molar-refractivity contribution >= 4 is 5.91 Å². The molecule has 7 heteroatoms. The Kier molecular flexibility index (Phi) is 7.29. The van der Waals surface area contributed by atoms with Gasteiger partial charge in [0.25, 0.3) is 0 Å². The zero-order valence-corrected chi connectivity index (χ0v) is 11.8. The van der Waals surface area contributed by atoms with E-state index in [9.17, 15) is 18.0 Å². The van der Waals surface area contributed by atoms with Gasteiger partial charge in [-0.15, -0.1) is 0 Å². The molecule has 1 atom stereocenters. The van der Waals surface area contributed by atoms with Crippen LogP contribution in [0, 0.1) is 0 Å². The van der Waals surface area contributed by atoms with Crippen molar-refractivity contribution in [1.82, 2.24) is 10.2 Å². The molecule has 1 aliphatic heterocycles. The first-order chi connectivity index (χ1) is 9.44. The Morgan fingerprint density at radius 1 is 1.35 bits per heavy atom. The van der Waals surface area contributed by atoms with Crippen molar-refractivity contribution in [2.24, 2.45) is 0 Å². The molecule has 1 rings (SSSR count). The minimum atomic E-state index is -4.29. The number of morpholine rings is 1. The first-order valence-corrected chi connectivity index (χ1v) is 7.10. The summed E-state index contributed by atoms with van der Waals surface area (Å²) in [6, 6.07) is -0.837. The fourth-order valence-electron chi connectivity index (χ4n) is 2.18. The molecule has 0 aromatic heterocycles. The van der Waals surface area contributed by atoms with Crippen molar-refractivity contribution < 1.29 is 22.7 Å². The third-order valence-electron chi connectivity index (χ3n) is 3.25. The zero-order valence-electron chi connectivity index (χ0n) is 11.8. The predicted molar refractivity (Wildman–Crippen MR) is 69.4 cm³/mol. The quantitative estimate of drug-likeness (QED) is 0.730. The molecule has 118 valence electrons. The topological polar surface area (TPSA) is 41.6 Å². The SMILES string of the molecule is CCCCCCNC(=O)[C@H]1COCCN1CC(F)(F)F. The Hall–Kier alpha value is -0.820. The second-order valence-electron chi connectivity index (χ2n) is 5.03. The summed E-state index contributed by atoms with van der Waals surface area (Å²) in [6.07, 6.45) is -0.222. The summed E-state index contributed by atoms with van der Waals surface area (Å²) in [5, 5.41) is 2.70. The molecule has 1 amide bonds. The summed E-state index contributed by atoms with van der Waals surface area (Å²) in [5.41, 5.74) is 0. The van der Waals surface area contributed by atoms with Crippen molar-refractivity contribution in [1.29, 1.82) is 0 Å². The van der Waals surface area contributed by atoms with Crippen LogP contribution in [-0.2, 0) is 9.53 Å². The molecular formula is C13H23F3N2O2. The molecule has 1 saturated heterocycles. The summed E-state index contributed by atoms with van der Waals surface area (Å²) >= 11 is 0. The normalized spacial score (nSPS) is 20.9. The number of ether oxygens (including phenoxy) is 1. The van der Waals surface area contributed by atoms with Crippen LogP contribution in [0.25, 0.3) is 0 Å². The lowest BCUT2D eigenvalue weighted by Crippen LogP contribution is -2.56. The molecule has 4 nitrogen and oxygen atoms in total. The molecule has 20 heavy (non-hydrogen) atoms. The zero-order chi connectivity index (χ0) is 15.0. The van der Waals surface area contributed by atoms with Crippen molar-refractivity contribution in [2.45, 2.75) is 44.8 Å². The van der Waals surface area contributed by atoms with Crippen LogP contribution in [0.2, 0.25) is 0 Å². The standard InChI is InChI=1S/C13H23F3N2O2/c1-2-3-4-5-6-17-12(19)11-9-20-8-7-18(11)10-13(14,15)16/h11H,2-10H2,1H3,(H,17,19)/t11-/m1/s1. The molecule has 0 spiro atoms. The van der Waals surface area contributed by atoms with Gasteiger partial charge in [0.05, 0.1) is 19.8 Å². The van der Waals surface area contributed by atoms with E-state index in [4.69, 9.17) is 4.74 Å². The van der Waals surface area contributed by atoms with Gasteiger partial charge in [-0.3, -0.25) is 9.69 Å². The molecule has 0 radical (unpaired) electrons. The Balaban J connectivity index is 2.38. The first-order valence-electron chi connectivity index (χ1n) is 7.10. The lowest BCUT2D eigenvalue weighted by molar-refractivity contribution is -0.166. The minimum absolute atomic E-state index is 0.0247. The van der Waals surface area contributed by atoms with Crippen molar-refractivity contribution in [2.75, 3.05) is 32.8 Å². The Morgan fingerprint density at radius 3 is 2.75 bits per heavy atom. The number of hydrogen-bond acceptors (Lipinski definition) is 3. The van der Waals surface area contributed by atoms with Crippen molar-refractivity contribution in [3.63, 3.8) is 0 Å². The van der Waals surface area contributed by atoms with Gasteiger partial charge >= 0.3 is 6.18 Å². The van der Waals surface area contributed by atoms with Crippen LogP contribution in [0.5, 0.6) is 0 Å². The molecule has 1 N–H and O–H groups in total. The predicted octanol–water partition coefficient (Wildman–Crippen LogP) is 1.95. The van der Waals surface area contributed by atoms with E-state index in [1.165, 1.54) is 0 Å². The van der Waals surface area contributed by atoms with Crippen LogP contribution in [0.3, 0.4) is 0 Å². The monoisotopic (exact) mass is 296 g/mol. The van der Waals surface area contributed by atoms with Gasteiger partial charge in [-0.1, -0.05) is 26.2 Å². The van der Waals surface area contributed by atoms with Crippen LogP contribution in [0.4, 0.5) is 13.2 Å². The molecule has 0 aliphatic carbocycles. The molecular weight excluding hydrogens is 273 g/mol. The summed E-state index contributed by atoms with van der Waals surface area (Å²) in [7, 11) is 0. The number of alkyl halides is 3. The summed E-state index contributed by atoms with van der Waals surface area (Å²) in [4.78, 5) is 13.1. The van der Waals surface area contributed by atoms with E-state index in [0.29, 0.717) is 6.54 Å². The van der Waals surface area contributed by atoms with Gasteiger partial charge in [0, 0.05) is 13.1 Å². The van der Waals surface area contributed by atoms with Gasteiger partial charge in [0.15, 0.2) is 0 Å². The number of halogens is 3. The molecule has 1 aliphatic rings. The van der Waals surface area contributed by atoms with Crippen LogP contribution >= 0.6 is 0 Å². The number of hydrogen-bond donors (Lipinski definition) is 1.